The summed E-state index contributed by atoms with van der Waals surface area (Å²) in [5.74, 6) is 0.421. The number of carbonyl (C=O) groups excluding carboxylic acids is 1. The van der Waals surface area contributed by atoms with E-state index in [1.54, 1.807) is 18.4 Å². The standard InChI is InChI=1S/C22H21N3O2/c1-22(2)11-16-20(17(26)12-22)19(18-9-6-10-27-18)15(13-23)21(24)25(16)14-7-4-3-5-8-14/h3-10,19H,11-12,24H2,1-2H3. The Morgan fingerprint density at radius 1 is 1.19 bits per heavy atom. The molecule has 2 aliphatic rings. The topological polar surface area (TPSA) is 83.3 Å². The first-order chi connectivity index (χ1) is 12.9. The fourth-order valence-electron chi connectivity index (χ4n) is 4.12. The summed E-state index contributed by atoms with van der Waals surface area (Å²) in [7, 11) is 0. The molecule has 1 aliphatic heterocycles. The summed E-state index contributed by atoms with van der Waals surface area (Å²) in [4.78, 5) is 15.1. The number of nitrogens with two attached hydrogens (primary N) is 1. The lowest BCUT2D eigenvalue weighted by atomic mass is 9.69. The molecule has 1 atom stereocenters. The summed E-state index contributed by atoms with van der Waals surface area (Å²) in [6, 6.07) is 15.4. The Bertz CT molecular complexity index is 992. The molecule has 2 N–H and O–H groups in total. The van der Waals surface area contributed by atoms with Gasteiger partial charge in [-0.3, -0.25) is 9.69 Å². The number of benzene rings is 1. The lowest BCUT2D eigenvalue weighted by Crippen LogP contribution is -2.42. The van der Waals surface area contributed by atoms with Gasteiger partial charge in [-0.2, -0.15) is 5.26 Å². The molecule has 0 amide bonds. The van der Waals surface area contributed by atoms with Gasteiger partial charge in [0.05, 0.1) is 23.8 Å². The van der Waals surface area contributed by atoms with Crippen molar-refractivity contribution < 1.29 is 9.21 Å². The molecule has 27 heavy (non-hydrogen) atoms. The Balaban J connectivity index is 2.00. The predicted octanol–water partition coefficient (Wildman–Crippen LogP) is 4.22. The molecule has 136 valence electrons. The first-order valence-corrected chi connectivity index (χ1v) is 8.97. The van der Waals surface area contributed by atoms with Gasteiger partial charge in [0.25, 0.3) is 0 Å². The third kappa shape index (κ3) is 2.74. The number of allylic oxidation sites excluding steroid dienone is 3. The zero-order valence-electron chi connectivity index (χ0n) is 15.4. The van der Waals surface area contributed by atoms with E-state index in [0.717, 1.165) is 11.4 Å². The van der Waals surface area contributed by atoms with Gasteiger partial charge in [-0.1, -0.05) is 32.0 Å². The summed E-state index contributed by atoms with van der Waals surface area (Å²) in [6.45, 7) is 4.17. The molecular weight excluding hydrogens is 338 g/mol. The van der Waals surface area contributed by atoms with Crippen molar-refractivity contribution >= 4 is 11.5 Å². The number of ketones is 1. The minimum Gasteiger partial charge on any atom is -0.468 e. The van der Waals surface area contributed by atoms with Crippen molar-refractivity contribution in [1.82, 2.24) is 0 Å². The van der Waals surface area contributed by atoms with Crippen LogP contribution < -0.4 is 10.6 Å². The number of hydrogen-bond acceptors (Lipinski definition) is 5. The van der Waals surface area contributed by atoms with E-state index in [0.29, 0.717) is 35.6 Å². The Morgan fingerprint density at radius 3 is 2.56 bits per heavy atom. The van der Waals surface area contributed by atoms with Crippen LogP contribution in [-0.4, -0.2) is 5.78 Å². The SMILES string of the molecule is CC1(C)CC(=O)C2=C(C1)N(c1ccccc1)C(N)=C(C#N)C2c1ccco1. The minimum absolute atomic E-state index is 0.0452. The molecular formula is C22H21N3O2. The number of nitrogens with zero attached hydrogens (tertiary/aromatic N) is 2. The van der Waals surface area contributed by atoms with Crippen molar-refractivity contribution in [3.05, 3.63) is 77.2 Å². The first-order valence-electron chi connectivity index (χ1n) is 8.97. The van der Waals surface area contributed by atoms with Crippen LogP contribution in [0, 0.1) is 16.7 Å². The Hall–Kier alpha value is -3.26. The summed E-state index contributed by atoms with van der Waals surface area (Å²) >= 11 is 0. The molecule has 0 fully saturated rings. The normalized spacial score (nSPS) is 21.9. The minimum atomic E-state index is -0.552. The van der Waals surface area contributed by atoms with E-state index in [1.807, 2.05) is 35.2 Å². The highest BCUT2D eigenvalue weighted by Crippen LogP contribution is 2.50. The zero-order chi connectivity index (χ0) is 19.2. The highest BCUT2D eigenvalue weighted by Gasteiger charge is 2.45. The molecule has 5 nitrogen and oxygen atoms in total. The van der Waals surface area contributed by atoms with Gasteiger partial charge in [0.1, 0.15) is 11.6 Å². The van der Waals surface area contributed by atoms with Gasteiger partial charge in [-0.15, -0.1) is 0 Å². The number of Topliss-reactive ketones (excluding diaryl/α,β-unsaturated/α-hetero) is 1. The third-order valence-corrected chi connectivity index (χ3v) is 5.22. The first kappa shape index (κ1) is 17.2. The van der Waals surface area contributed by atoms with Crippen LogP contribution in [0.15, 0.2) is 75.8 Å². The number of furan rings is 1. The zero-order valence-corrected chi connectivity index (χ0v) is 15.4. The van der Waals surface area contributed by atoms with Crippen LogP contribution in [0.25, 0.3) is 0 Å². The average molecular weight is 359 g/mol. The molecule has 4 rings (SSSR count). The fourth-order valence-corrected chi connectivity index (χ4v) is 4.12. The molecule has 1 aromatic carbocycles. The van der Waals surface area contributed by atoms with Crippen LogP contribution in [-0.2, 0) is 4.79 Å². The second-order valence-electron chi connectivity index (χ2n) is 7.83. The third-order valence-electron chi connectivity index (χ3n) is 5.22. The predicted molar refractivity (Wildman–Crippen MR) is 102 cm³/mol. The summed E-state index contributed by atoms with van der Waals surface area (Å²) in [6.07, 6.45) is 2.69. The highest BCUT2D eigenvalue weighted by atomic mass is 16.3. The highest BCUT2D eigenvalue weighted by molar-refractivity contribution is 6.01. The summed E-state index contributed by atoms with van der Waals surface area (Å²) in [5.41, 5.74) is 9.00. The van der Waals surface area contributed by atoms with Gasteiger partial charge in [-0.25, -0.2) is 0 Å². The van der Waals surface area contributed by atoms with Crippen molar-refractivity contribution in [3.8, 4) is 6.07 Å². The molecule has 0 bridgehead atoms. The number of carbonyl (C=O) groups is 1. The average Bonchev–Trinajstić information content (AvgIpc) is 3.14. The van der Waals surface area contributed by atoms with Gasteiger partial charge in [-0.05, 0) is 36.1 Å². The molecule has 0 saturated heterocycles. The van der Waals surface area contributed by atoms with E-state index < -0.39 is 5.92 Å². The fraction of sp³-hybridized carbons (Fsp3) is 0.273. The van der Waals surface area contributed by atoms with Crippen molar-refractivity contribution in [2.45, 2.75) is 32.6 Å². The van der Waals surface area contributed by atoms with Gasteiger partial charge < -0.3 is 10.2 Å². The Labute approximate surface area is 158 Å². The van der Waals surface area contributed by atoms with Crippen molar-refractivity contribution in [1.29, 1.82) is 5.26 Å². The van der Waals surface area contributed by atoms with Crippen molar-refractivity contribution in [3.63, 3.8) is 0 Å². The quantitative estimate of drug-likeness (QED) is 0.868. The van der Waals surface area contributed by atoms with E-state index in [4.69, 9.17) is 10.2 Å². The Morgan fingerprint density at radius 2 is 1.93 bits per heavy atom. The number of hydrogen-bond donors (Lipinski definition) is 1. The van der Waals surface area contributed by atoms with E-state index in [9.17, 15) is 10.1 Å². The number of nitriles is 1. The smallest absolute Gasteiger partial charge is 0.162 e. The van der Waals surface area contributed by atoms with Crippen LogP contribution >= 0.6 is 0 Å². The Kier molecular flexibility index (Phi) is 3.92. The van der Waals surface area contributed by atoms with Crippen LogP contribution in [0.5, 0.6) is 0 Å². The molecule has 1 unspecified atom stereocenters. The maximum Gasteiger partial charge on any atom is 0.162 e. The molecule has 0 spiro atoms. The monoisotopic (exact) mass is 359 g/mol. The molecule has 0 radical (unpaired) electrons. The van der Waals surface area contributed by atoms with Gasteiger partial charge in [0.2, 0.25) is 0 Å². The lowest BCUT2D eigenvalue weighted by molar-refractivity contribution is -0.118. The number of anilines is 1. The summed E-state index contributed by atoms with van der Waals surface area (Å²) in [5, 5.41) is 9.88. The van der Waals surface area contributed by atoms with Crippen molar-refractivity contribution in [2.24, 2.45) is 11.1 Å². The second kappa shape index (κ2) is 6.17. The molecule has 0 saturated carbocycles. The van der Waals surface area contributed by atoms with E-state index in [1.165, 1.54) is 0 Å². The molecule has 1 aromatic heterocycles. The van der Waals surface area contributed by atoms with Gasteiger partial charge in [0, 0.05) is 23.4 Å². The second-order valence-corrected chi connectivity index (χ2v) is 7.83. The summed E-state index contributed by atoms with van der Waals surface area (Å²) < 4.78 is 5.60. The molecule has 2 heterocycles. The van der Waals surface area contributed by atoms with Crippen LogP contribution in [0.3, 0.4) is 0 Å². The van der Waals surface area contributed by atoms with Crippen LogP contribution in [0.2, 0.25) is 0 Å². The molecule has 1 aliphatic carbocycles. The van der Waals surface area contributed by atoms with E-state index in [2.05, 4.69) is 19.9 Å². The molecule has 5 heteroatoms. The van der Waals surface area contributed by atoms with Gasteiger partial charge in [0.15, 0.2) is 5.78 Å². The van der Waals surface area contributed by atoms with E-state index >= 15 is 0 Å². The van der Waals surface area contributed by atoms with Gasteiger partial charge >= 0.3 is 0 Å². The molecule has 2 aromatic rings. The van der Waals surface area contributed by atoms with E-state index in [-0.39, 0.29) is 11.2 Å². The lowest BCUT2D eigenvalue weighted by Gasteiger charge is -2.43. The van der Waals surface area contributed by atoms with Crippen LogP contribution in [0.4, 0.5) is 5.69 Å². The van der Waals surface area contributed by atoms with Crippen LogP contribution in [0.1, 0.15) is 38.4 Å². The van der Waals surface area contributed by atoms with Crippen molar-refractivity contribution in [2.75, 3.05) is 4.90 Å². The largest absolute Gasteiger partial charge is 0.468 e. The maximum atomic E-state index is 13.2. The number of rotatable bonds is 2. The maximum absolute atomic E-state index is 13.2. The number of para-hydroxylation sites is 1.